The summed E-state index contributed by atoms with van der Waals surface area (Å²) in [5.74, 6) is 0.901. The van der Waals surface area contributed by atoms with Gasteiger partial charge in [-0.05, 0) is 30.2 Å². The van der Waals surface area contributed by atoms with Crippen LogP contribution in [0.1, 0.15) is 31.9 Å². The van der Waals surface area contributed by atoms with Gasteiger partial charge < -0.3 is 10.1 Å². The minimum Gasteiger partial charge on any atom is -0.497 e. The minimum atomic E-state index is -3.13. The maximum atomic E-state index is 12.0. The van der Waals surface area contributed by atoms with Gasteiger partial charge in [0.2, 0.25) is 0 Å². The van der Waals surface area contributed by atoms with E-state index in [0.717, 1.165) is 5.56 Å². The summed E-state index contributed by atoms with van der Waals surface area (Å²) in [6.45, 7) is 4.12. The lowest BCUT2D eigenvalue weighted by atomic mass is 10.0. The average Bonchev–Trinajstić information content (AvgIpc) is 2.32. The minimum absolute atomic E-state index is 0.0821. The lowest BCUT2D eigenvalue weighted by molar-refractivity contribution is 0.408. The van der Waals surface area contributed by atoms with Crippen molar-refractivity contribution in [3.05, 3.63) is 23.8 Å². The van der Waals surface area contributed by atoms with Crippen LogP contribution >= 0.6 is 0 Å². The Balaban J connectivity index is 2.49. The summed E-state index contributed by atoms with van der Waals surface area (Å²) in [7, 11) is -1.54. The lowest BCUT2D eigenvalue weighted by Gasteiger charge is -2.28. The Morgan fingerprint density at radius 1 is 1.39 bits per heavy atom. The van der Waals surface area contributed by atoms with Crippen LogP contribution in [-0.2, 0) is 9.84 Å². The van der Waals surface area contributed by atoms with E-state index in [9.17, 15) is 8.42 Å². The second-order valence-corrected chi connectivity index (χ2v) is 6.96. The summed E-state index contributed by atoms with van der Waals surface area (Å²) in [5.41, 5.74) is 0.828. The summed E-state index contributed by atoms with van der Waals surface area (Å²) >= 11 is 0. The Morgan fingerprint density at radius 2 is 2.11 bits per heavy atom. The third kappa shape index (κ3) is 2.52. The highest BCUT2D eigenvalue weighted by atomic mass is 32.2. The Hall–Kier alpha value is -1.07. The predicted octanol–water partition coefficient (Wildman–Crippen LogP) is 1.91. The average molecular weight is 269 g/mol. The Bertz CT molecular complexity index is 537. The summed E-state index contributed by atoms with van der Waals surface area (Å²) in [5, 5.41) is 3.41. The lowest BCUT2D eigenvalue weighted by Crippen LogP contribution is -2.33. The van der Waals surface area contributed by atoms with Crippen LogP contribution in [-0.4, -0.2) is 27.3 Å². The smallest absolute Gasteiger partial charge is 0.178 e. The van der Waals surface area contributed by atoms with Crippen molar-refractivity contribution in [2.75, 3.05) is 12.9 Å². The van der Waals surface area contributed by atoms with Crippen molar-refractivity contribution >= 4 is 9.84 Å². The molecule has 1 unspecified atom stereocenters. The largest absolute Gasteiger partial charge is 0.497 e. The molecular formula is C13H19NO3S. The van der Waals surface area contributed by atoms with Gasteiger partial charge in [-0.25, -0.2) is 8.42 Å². The summed E-state index contributed by atoms with van der Waals surface area (Å²) < 4.78 is 29.2. The maximum absolute atomic E-state index is 12.0. The van der Waals surface area contributed by atoms with Crippen molar-refractivity contribution in [1.29, 1.82) is 0 Å². The molecule has 4 nitrogen and oxygen atoms in total. The molecule has 1 aliphatic rings. The van der Waals surface area contributed by atoms with E-state index in [1.54, 1.807) is 19.2 Å². The molecule has 0 radical (unpaired) electrons. The van der Waals surface area contributed by atoms with Crippen molar-refractivity contribution in [3.63, 3.8) is 0 Å². The van der Waals surface area contributed by atoms with Gasteiger partial charge in [-0.2, -0.15) is 0 Å². The van der Waals surface area contributed by atoms with Gasteiger partial charge in [0.05, 0.1) is 17.8 Å². The van der Waals surface area contributed by atoms with Crippen molar-refractivity contribution in [2.24, 2.45) is 0 Å². The zero-order valence-corrected chi connectivity index (χ0v) is 11.8. The molecule has 0 spiro atoms. The van der Waals surface area contributed by atoms with Crippen LogP contribution in [0.15, 0.2) is 23.1 Å². The van der Waals surface area contributed by atoms with Gasteiger partial charge in [0.15, 0.2) is 9.84 Å². The number of hydrogen-bond acceptors (Lipinski definition) is 4. The fourth-order valence-corrected chi connectivity index (χ4v) is 3.92. The number of nitrogens with one attached hydrogen (secondary N) is 1. The highest BCUT2D eigenvalue weighted by molar-refractivity contribution is 7.91. The molecule has 1 aromatic carbocycles. The number of hydrogen-bond donors (Lipinski definition) is 1. The van der Waals surface area contributed by atoms with Crippen LogP contribution in [0.4, 0.5) is 0 Å². The maximum Gasteiger partial charge on any atom is 0.178 e. The predicted molar refractivity (Wildman–Crippen MR) is 70.7 cm³/mol. The van der Waals surface area contributed by atoms with Gasteiger partial charge in [0.1, 0.15) is 5.75 Å². The second kappa shape index (κ2) is 4.90. The van der Waals surface area contributed by atoms with E-state index in [0.29, 0.717) is 23.1 Å². The normalized spacial score (nSPS) is 21.7. The van der Waals surface area contributed by atoms with Gasteiger partial charge in [0, 0.05) is 12.1 Å². The van der Waals surface area contributed by atoms with E-state index in [2.05, 4.69) is 19.2 Å². The molecular weight excluding hydrogens is 250 g/mol. The molecule has 0 saturated carbocycles. The van der Waals surface area contributed by atoms with Crippen molar-refractivity contribution in [3.8, 4) is 5.75 Å². The summed E-state index contributed by atoms with van der Waals surface area (Å²) in [4.78, 5) is 0.438. The van der Waals surface area contributed by atoms with Gasteiger partial charge in [-0.15, -0.1) is 0 Å². The molecule has 100 valence electrons. The van der Waals surface area contributed by atoms with E-state index >= 15 is 0 Å². The zero-order chi connectivity index (χ0) is 13.3. The van der Waals surface area contributed by atoms with E-state index in [-0.39, 0.29) is 11.8 Å². The van der Waals surface area contributed by atoms with Crippen LogP contribution in [0.2, 0.25) is 0 Å². The molecule has 0 aromatic heterocycles. The zero-order valence-electron chi connectivity index (χ0n) is 10.9. The van der Waals surface area contributed by atoms with Gasteiger partial charge in [-0.3, -0.25) is 0 Å². The molecule has 2 rings (SSSR count). The van der Waals surface area contributed by atoms with E-state index in [4.69, 9.17) is 4.74 Å². The molecule has 1 atom stereocenters. The third-order valence-electron chi connectivity index (χ3n) is 3.14. The highest BCUT2D eigenvalue weighted by Gasteiger charge is 2.30. The molecule has 0 aliphatic carbocycles. The first kappa shape index (κ1) is 13.4. The van der Waals surface area contributed by atoms with Crippen LogP contribution in [0.3, 0.4) is 0 Å². The first-order valence-electron chi connectivity index (χ1n) is 6.11. The van der Waals surface area contributed by atoms with Gasteiger partial charge in [0.25, 0.3) is 0 Å². The fourth-order valence-electron chi connectivity index (χ4n) is 2.32. The summed E-state index contributed by atoms with van der Waals surface area (Å²) in [6, 6.07) is 5.58. The summed E-state index contributed by atoms with van der Waals surface area (Å²) in [6.07, 6.45) is 0.612. The Labute approximate surface area is 108 Å². The number of methoxy groups -OCH3 is 1. The van der Waals surface area contributed by atoms with Gasteiger partial charge in [-0.1, -0.05) is 13.8 Å². The molecule has 1 N–H and O–H groups in total. The first-order valence-corrected chi connectivity index (χ1v) is 7.76. The van der Waals surface area contributed by atoms with Crippen LogP contribution < -0.4 is 10.1 Å². The number of sulfone groups is 1. The number of benzene rings is 1. The second-order valence-electron chi connectivity index (χ2n) is 4.89. The first-order chi connectivity index (χ1) is 8.44. The number of fused-ring (bicyclic) bond motifs is 1. The quantitative estimate of drug-likeness (QED) is 0.910. The van der Waals surface area contributed by atoms with E-state index in [1.165, 1.54) is 0 Å². The molecule has 1 heterocycles. The molecule has 0 fully saturated rings. The Morgan fingerprint density at radius 3 is 2.72 bits per heavy atom. The molecule has 0 bridgehead atoms. The molecule has 5 heteroatoms. The van der Waals surface area contributed by atoms with Crippen LogP contribution in [0.25, 0.3) is 0 Å². The van der Waals surface area contributed by atoms with Crippen molar-refractivity contribution in [2.45, 2.75) is 37.2 Å². The Kier molecular flexibility index (Phi) is 3.64. The molecule has 0 saturated heterocycles. The number of ether oxygens (including phenoxy) is 1. The standard InChI is InChI=1S/C13H19NO3S/c1-9(2)14-12-6-7-18(15,16)13-5-4-10(17-3)8-11(12)13/h4-5,8-9,12,14H,6-7H2,1-3H3. The van der Waals surface area contributed by atoms with E-state index < -0.39 is 9.84 Å². The van der Waals surface area contributed by atoms with Crippen molar-refractivity contribution in [1.82, 2.24) is 5.32 Å². The molecule has 18 heavy (non-hydrogen) atoms. The number of rotatable bonds is 3. The topological polar surface area (TPSA) is 55.4 Å². The van der Waals surface area contributed by atoms with E-state index in [1.807, 2.05) is 6.07 Å². The molecule has 1 aliphatic heterocycles. The van der Waals surface area contributed by atoms with Crippen molar-refractivity contribution < 1.29 is 13.2 Å². The fraction of sp³-hybridized carbons (Fsp3) is 0.538. The third-order valence-corrected chi connectivity index (χ3v) is 4.95. The monoisotopic (exact) mass is 269 g/mol. The molecule has 1 aromatic rings. The van der Waals surface area contributed by atoms with Crippen LogP contribution in [0, 0.1) is 0 Å². The van der Waals surface area contributed by atoms with Gasteiger partial charge >= 0.3 is 0 Å². The van der Waals surface area contributed by atoms with Crippen LogP contribution in [0.5, 0.6) is 5.75 Å². The highest BCUT2D eigenvalue weighted by Crippen LogP contribution is 2.34. The SMILES string of the molecule is COc1ccc2c(c1)C(NC(C)C)CCS2(=O)=O. The molecule has 0 amide bonds.